The van der Waals surface area contributed by atoms with Crippen molar-refractivity contribution in [2.75, 3.05) is 13.4 Å². The van der Waals surface area contributed by atoms with Gasteiger partial charge in [-0.25, -0.2) is 13.1 Å². The van der Waals surface area contributed by atoms with Crippen molar-refractivity contribution in [3.8, 4) is 5.75 Å². The average molecular weight is 268 g/mol. The highest BCUT2D eigenvalue weighted by Crippen LogP contribution is 2.13. The fraction of sp³-hybridized carbons (Fsp3) is 0.300. The molecule has 0 aliphatic rings. The van der Waals surface area contributed by atoms with Gasteiger partial charge in [-0.1, -0.05) is 17.2 Å². The Hall–Kier alpha value is -1.96. The Balaban J connectivity index is 2.26. The Bertz CT molecular complexity index is 633. The molecule has 0 spiro atoms. The van der Waals surface area contributed by atoms with Gasteiger partial charge in [-0.2, -0.15) is 0 Å². The summed E-state index contributed by atoms with van der Waals surface area (Å²) >= 11 is 0. The average Bonchev–Trinajstić information content (AvgIpc) is 2.78. The summed E-state index contributed by atoms with van der Waals surface area (Å²) in [6, 6.07) is 7.23. The molecular formula is C10H12N4O3S. The zero-order valence-electron chi connectivity index (χ0n) is 9.94. The van der Waals surface area contributed by atoms with Crippen molar-refractivity contribution in [3.05, 3.63) is 29.8 Å². The molecule has 1 aromatic heterocycles. The predicted octanol–water partition coefficient (Wildman–Crippen LogP) is 0.133. The van der Waals surface area contributed by atoms with Gasteiger partial charge in [0.15, 0.2) is 0 Å². The highest BCUT2D eigenvalue weighted by atomic mass is 32.2. The Morgan fingerprint density at radius 1 is 1.28 bits per heavy atom. The lowest BCUT2D eigenvalue weighted by Gasteiger charge is -2.04. The summed E-state index contributed by atoms with van der Waals surface area (Å²) in [4.78, 5) is 0. The monoisotopic (exact) mass is 268 g/mol. The van der Waals surface area contributed by atoms with Crippen LogP contribution >= 0.6 is 0 Å². The maximum Gasteiger partial charge on any atom is 0.267 e. The molecule has 0 aliphatic carbocycles. The minimum Gasteiger partial charge on any atom is -0.497 e. The zero-order valence-corrected chi connectivity index (χ0v) is 10.8. The minimum absolute atomic E-state index is 0.140. The fourth-order valence-corrected chi connectivity index (χ4v) is 2.13. The van der Waals surface area contributed by atoms with Crippen molar-refractivity contribution in [3.63, 3.8) is 0 Å². The summed E-state index contributed by atoms with van der Waals surface area (Å²) < 4.78 is 29.1. The van der Waals surface area contributed by atoms with Gasteiger partial charge in [0.25, 0.3) is 5.16 Å². The summed E-state index contributed by atoms with van der Waals surface area (Å²) in [5.74, 6) is 0.735. The van der Waals surface area contributed by atoms with Crippen LogP contribution in [0.15, 0.2) is 29.4 Å². The van der Waals surface area contributed by atoms with Crippen LogP contribution in [0.5, 0.6) is 5.75 Å². The Kier molecular flexibility index (Phi) is 3.28. The molecule has 0 atom stereocenters. The van der Waals surface area contributed by atoms with Crippen LogP contribution in [0.3, 0.4) is 0 Å². The third kappa shape index (κ3) is 2.65. The summed E-state index contributed by atoms with van der Waals surface area (Å²) in [7, 11) is -1.84. The topological polar surface area (TPSA) is 87.0 Å². The summed E-state index contributed by atoms with van der Waals surface area (Å²) in [5, 5.41) is 10.4. The van der Waals surface area contributed by atoms with Crippen LogP contribution in [0.25, 0.3) is 0 Å². The first-order valence-electron chi connectivity index (χ1n) is 5.10. The van der Waals surface area contributed by atoms with Crippen LogP contribution in [-0.2, 0) is 16.4 Å². The van der Waals surface area contributed by atoms with E-state index in [4.69, 9.17) is 4.74 Å². The molecule has 0 N–H and O–H groups in total. The van der Waals surface area contributed by atoms with E-state index in [2.05, 4.69) is 15.5 Å². The van der Waals surface area contributed by atoms with Crippen molar-refractivity contribution >= 4 is 9.84 Å². The van der Waals surface area contributed by atoms with E-state index in [0.29, 0.717) is 6.54 Å². The van der Waals surface area contributed by atoms with Gasteiger partial charge in [0, 0.05) is 6.26 Å². The second-order valence-electron chi connectivity index (χ2n) is 3.74. The third-order valence-corrected chi connectivity index (χ3v) is 3.28. The van der Waals surface area contributed by atoms with E-state index in [1.165, 1.54) is 4.68 Å². The Morgan fingerprint density at radius 3 is 2.50 bits per heavy atom. The normalized spacial score (nSPS) is 11.4. The maximum absolute atomic E-state index is 11.4. The van der Waals surface area contributed by atoms with E-state index in [0.717, 1.165) is 17.6 Å². The first-order valence-corrected chi connectivity index (χ1v) is 6.99. The number of benzene rings is 1. The molecule has 7 nitrogen and oxygen atoms in total. The van der Waals surface area contributed by atoms with Gasteiger partial charge in [0.1, 0.15) is 5.75 Å². The van der Waals surface area contributed by atoms with Gasteiger partial charge in [-0.05, 0) is 28.1 Å². The lowest BCUT2D eigenvalue weighted by molar-refractivity contribution is 0.414. The van der Waals surface area contributed by atoms with Gasteiger partial charge < -0.3 is 4.74 Å². The molecule has 0 aliphatic heterocycles. The van der Waals surface area contributed by atoms with Gasteiger partial charge in [-0.15, -0.1) is 0 Å². The van der Waals surface area contributed by atoms with E-state index >= 15 is 0 Å². The SMILES string of the molecule is COc1ccc(Cn2nnnc2S(C)(=O)=O)cc1. The minimum atomic E-state index is -3.42. The standard InChI is InChI=1S/C10H12N4O3S/c1-17-9-5-3-8(4-6-9)7-14-10(11-12-13-14)18(2,15)16/h3-6H,7H2,1-2H3. The number of nitrogens with zero attached hydrogens (tertiary/aromatic N) is 4. The Morgan fingerprint density at radius 2 is 1.94 bits per heavy atom. The van der Waals surface area contributed by atoms with Crippen molar-refractivity contribution in [2.24, 2.45) is 0 Å². The van der Waals surface area contributed by atoms with Crippen molar-refractivity contribution in [1.82, 2.24) is 20.2 Å². The molecule has 18 heavy (non-hydrogen) atoms. The highest BCUT2D eigenvalue weighted by Gasteiger charge is 2.17. The molecule has 2 rings (SSSR count). The van der Waals surface area contributed by atoms with Crippen LogP contribution in [0.4, 0.5) is 0 Å². The zero-order chi connectivity index (χ0) is 13.2. The van der Waals surface area contributed by atoms with Crippen LogP contribution in [0.1, 0.15) is 5.56 Å². The fourth-order valence-electron chi connectivity index (χ4n) is 1.47. The molecule has 96 valence electrons. The molecule has 0 bridgehead atoms. The van der Waals surface area contributed by atoms with Crippen molar-refractivity contribution < 1.29 is 13.2 Å². The first kappa shape index (κ1) is 12.5. The van der Waals surface area contributed by atoms with Gasteiger partial charge in [0.05, 0.1) is 13.7 Å². The molecule has 2 aromatic rings. The molecule has 8 heteroatoms. The Labute approximate surface area is 104 Å². The summed E-state index contributed by atoms with van der Waals surface area (Å²) in [6.45, 7) is 0.291. The van der Waals surface area contributed by atoms with E-state index in [-0.39, 0.29) is 5.16 Å². The molecule has 0 unspecified atom stereocenters. The van der Waals surface area contributed by atoms with Crippen LogP contribution < -0.4 is 4.74 Å². The quantitative estimate of drug-likeness (QED) is 0.783. The van der Waals surface area contributed by atoms with E-state index in [1.54, 1.807) is 19.2 Å². The maximum atomic E-state index is 11.4. The number of tetrazole rings is 1. The molecule has 0 saturated carbocycles. The molecule has 1 aromatic carbocycles. The molecule has 0 fully saturated rings. The molecule has 0 saturated heterocycles. The van der Waals surface area contributed by atoms with E-state index in [9.17, 15) is 8.42 Å². The van der Waals surface area contributed by atoms with Gasteiger partial charge >= 0.3 is 0 Å². The van der Waals surface area contributed by atoms with Crippen LogP contribution in [-0.4, -0.2) is 42.0 Å². The second kappa shape index (κ2) is 4.73. The second-order valence-corrected chi connectivity index (χ2v) is 5.65. The largest absolute Gasteiger partial charge is 0.497 e. The van der Waals surface area contributed by atoms with Crippen LogP contribution in [0, 0.1) is 0 Å². The van der Waals surface area contributed by atoms with Crippen molar-refractivity contribution in [2.45, 2.75) is 11.7 Å². The molecule has 1 heterocycles. The number of hydrogen-bond acceptors (Lipinski definition) is 6. The molecule has 0 amide bonds. The van der Waals surface area contributed by atoms with Crippen LogP contribution in [0.2, 0.25) is 0 Å². The number of rotatable bonds is 4. The number of methoxy groups -OCH3 is 1. The third-order valence-electron chi connectivity index (χ3n) is 2.32. The van der Waals surface area contributed by atoms with E-state index < -0.39 is 9.84 Å². The number of sulfone groups is 1. The van der Waals surface area contributed by atoms with Crippen molar-refractivity contribution in [1.29, 1.82) is 0 Å². The first-order chi connectivity index (χ1) is 8.50. The lowest BCUT2D eigenvalue weighted by atomic mass is 10.2. The number of aromatic nitrogens is 4. The number of ether oxygens (including phenoxy) is 1. The molecule has 0 radical (unpaired) electrons. The number of hydrogen-bond donors (Lipinski definition) is 0. The summed E-state index contributed by atoms with van der Waals surface area (Å²) in [6.07, 6.45) is 1.07. The highest BCUT2D eigenvalue weighted by molar-refractivity contribution is 7.90. The van der Waals surface area contributed by atoms with Gasteiger partial charge in [0.2, 0.25) is 9.84 Å². The predicted molar refractivity (Wildman–Crippen MR) is 63.0 cm³/mol. The van der Waals surface area contributed by atoms with Gasteiger partial charge in [-0.3, -0.25) is 0 Å². The molecular weight excluding hydrogens is 256 g/mol. The summed E-state index contributed by atoms with van der Waals surface area (Å²) in [5.41, 5.74) is 0.882. The lowest BCUT2D eigenvalue weighted by Crippen LogP contribution is -2.11. The smallest absolute Gasteiger partial charge is 0.267 e. The van der Waals surface area contributed by atoms with E-state index in [1.807, 2.05) is 12.1 Å².